The van der Waals surface area contributed by atoms with Crippen LogP contribution in [0.3, 0.4) is 0 Å². The summed E-state index contributed by atoms with van der Waals surface area (Å²) >= 11 is 0. The molecule has 3 N–H and O–H groups in total. The summed E-state index contributed by atoms with van der Waals surface area (Å²) in [5.74, 6) is 1.61. The number of imidazole rings is 1. The smallest absolute Gasteiger partial charge is 0.244 e. The Balaban J connectivity index is 1.58. The normalized spacial score (nSPS) is 12.2. The predicted molar refractivity (Wildman–Crippen MR) is 74.3 cm³/mol. The van der Waals surface area contributed by atoms with Crippen LogP contribution in [0.2, 0.25) is 0 Å². The van der Waals surface area contributed by atoms with Crippen molar-refractivity contribution >= 4 is 0 Å². The zero-order valence-corrected chi connectivity index (χ0v) is 11.3. The van der Waals surface area contributed by atoms with Gasteiger partial charge in [0.1, 0.15) is 5.75 Å². The average molecular weight is 285 g/mol. The highest BCUT2D eigenvalue weighted by Crippen LogP contribution is 2.14. The summed E-state index contributed by atoms with van der Waals surface area (Å²) in [6.45, 7) is 0.240. The van der Waals surface area contributed by atoms with Crippen LogP contribution in [0.5, 0.6) is 5.75 Å². The number of aromatic amines is 1. The zero-order valence-electron chi connectivity index (χ0n) is 11.3. The number of nitrogens with zero attached hydrogens (tertiary/aromatic N) is 3. The highest BCUT2D eigenvalue weighted by atomic mass is 16.5. The molecule has 0 saturated carbocycles. The molecule has 0 aliphatic rings. The molecule has 2 heterocycles. The van der Waals surface area contributed by atoms with Crippen LogP contribution in [0, 0.1) is 0 Å². The van der Waals surface area contributed by atoms with E-state index in [1.54, 1.807) is 12.5 Å². The number of rotatable bonds is 6. The molecule has 1 aromatic carbocycles. The molecule has 0 amide bonds. The quantitative estimate of drug-likeness (QED) is 0.713. The molecule has 2 aromatic heterocycles. The topological polar surface area (TPSA) is 103 Å². The zero-order chi connectivity index (χ0) is 14.5. The van der Waals surface area contributed by atoms with Gasteiger partial charge >= 0.3 is 0 Å². The second-order valence-corrected chi connectivity index (χ2v) is 4.54. The van der Waals surface area contributed by atoms with Crippen molar-refractivity contribution in [3.63, 3.8) is 0 Å². The van der Waals surface area contributed by atoms with Gasteiger partial charge in [0.25, 0.3) is 0 Å². The Labute approximate surface area is 121 Å². The van der Waals surface area contributed by atoms with Crippen LogP contribution >= 0.6 is 0 Å². The van der Waals surface area contributed by atoms with Gasteiger partial charge in [-0.05, 0) is 12.1 Å². The van der Waals surface area contributed by atoms with Crippen LogP contribution in [-0.2, 0) is 13.0 Å². The molecule has 0 aliphatic carbocycles. The van der Waals surface area contributed by atoms with E-state index >= 15 is 0 Å². The van der Waals surface area contributed by atoms with E-state index in [2.05, 4.69) is 20.1 Å². The Kier molecular flexibility index (Phi) is 3.92. The second-order valence-electron chi connectivity index (χ2n) is 4.54. The van der Waals surface area contributed by atoms with Crippen LogP contribution in [0.25, 0.3) is 0 Å². The lowest BCUT2D eigenvalue weighted by atomic mass is 10.2. The minimum absolute atomic E-state index is 0.240. The summed E-state index contributed by atoms with van der Waals surface area (Å²) < 4.78 is 10.7. The monoisotopic (exact) mass is 285 g/mol. The van der Waals surface area contributed by atoms with Gasteiger partial charge in [-0.2, -0.15) is 4.98 Å². The molecule has 0 radical (unpaired) electrons. The highest BCUT2D eigenvalue weighted by molar-refractivity contribution is 5.21. The minimum atomic E-state index is -0.372. The molecule has 0 bridgehead atoms. The minimum Gasteiger partial charge on any atom is -0.485 e. The fourth-order valence-corrected chi connectivity index (χ4v) is 1.86. The number of hydrogen-bond acceptors (Lipinski definition) is 6. The van der Waals surface area contributed by atoms with Gasteiger partial charge in [-0.3, -0.25) is 0 Å². The third kappa shape index (κ3) is 3.46. The Morgan fingerprint density at radius 2 is 2.14 bits per heavy atom. The number of benzene rings is 1. The van der Waals surface area contributed by atoms with Crippen molar-refractivity contribution in [2.24, 2.45) is 5.73 Å². The summed E-state index contributed by atoms with van der Waals surface area (Å²) in [5, 5.41) is 3.86. The summed E-state index contributed by atoms with van der Waals surface area (Å²) in [6.07, 6.45) is 3.88. The number of aromatic nitrogens is 4. The predicted octanol–water partition coefficient (Wildman–Crippen LogP) is 1.61. The number of nitrogens with two attached hydrogens (primary N) is 1. The number of ether oxygens (including phenoxy) is 1. The molecule has 7 nitrogen and oxygen atoms in total. The molecule has 7 heteroatoms. The van der Waals surface area contributed by atoms with E-state index in [-0.39, 0.29) is 12.6 Å². The number of nitrogens with one attached hydrogen (secondary N) is 1. The van der Waals surface area contributed by atoms with Gasteiger partial charge in [0.05, 0.1) is 12.4 Å². The summed E-state index contributed by atoms with van der Waals surface area (Å²) in [5.41, 5.74) is 6.94. The first-order valence-electron chi connectivity index (χ1n) is 6.54. The van der Waals surface area contributed by atoms with Crippen LogP contribution in [0.15, 0.2) is 47.4 Å². The van der Waals surface area contributed by atoms with Gasteiger partial charge in [0.15, 0.2) is 6.61 Å². The molecular weight excluding hydrogens is 270 g/mol. The lowest BCUT2D eigenvalue weighted by Crippen LogP contribution is -2.14. The summed E-state index contributed by atoms with van der Waals surface area (Å²) in [4.78, 5) is 11.2. The number of hydrogen-bond donors (Lipinski definition) is 2. The van der Waals surface area contributed by atoms with Gasteiger partial charge in [0, 0.05) is 18.3 Å². The fourth-order valence-electron chi connectivity index (χ4n) is 1.86. The first-order chi connectivity index (χ1) is 10.3. The SMILES string of the molecule is NC(Cc1cnc[nH]1)c1nc(COc2ccccc2)no1. The van der Waals surface area contributed by atoms with E-state index < -0.39 is 0 Å². The van der Waals surface area contributed by atoms with Crippen LogP contribution in [0.1, 0.15) is 23.5 Å². The van der Waals surface area contributed by atoms with Crippen molar-refractivity contribution in [1.29, 1.82) is 0 Å². The Bertz CT molecular complexity index is 666. The van der Waals surface area contributed by atoms with Crippen molar-refractivity contribution in [3.8, 4) is 5.75 Å². The largest absolute Gasteiger partial charge is 0.485 e. The Hall–Kier alpha value is -2.67. The average Bonchev–Trinajstić information content (AvgIpc) is 3.17. The maximum Gasteiger partial charge on any atom is 0.244 e. The van der Waals surface area contributed by atoms with Crippen molar-refractivity contribution < 1.29 is 9.26 Å². The molecule has 0 aliphatic heterocycles. The van der Waals surface area contributed by atoms with Crippen LogP contribution in [0.4, 0.5) is 0 Å². The molecule has 3 aromatic rings. The maximum absolute atomic E-state index is 6.02. The molecule has 3 rings (SSSR count). The van der Waals surface area contributed by atoms with E-state index in [1.165, 1.54) is 0 Å². The van der Waals surface area contributed by atoms with Gasteiger partial charge in [-0.15, -0.1) is 0 Å². The molecule has 0 fully saturated rings. The lowest BCUT2D eigenvalue weighted by Gasteiger charge is -2.03. The van der Waals surface area contributed by atoms with E-state index in [0.717, 1.165) is 11.4 Å². The highest BCUT2D eigenvalue weighted by Gasteiger charge is 2.16. The second kappa shape index (κ2) is 6.19. The van der Waals surface area contributed by atoms with Gasteiger partial charge in [-0.1, -0.05) is 23.4 Å². The van der Waals surface area contributed by atoms with Crippen molar-refractivity contribution in [1.82, 2.24) is 20.1 Å². The third-order valence-corrected chi connectivity index (χ3v) is 2.91. The van der Waals surface area contributed by atoms with Gasteiger partial charge < -0.3 is 20.0 Å². The van der Waals surface area contributed by atoms with Crippen LogP contribution in [-0.4, -0.2) is 20.1 Å². The first kappa shape index (κ1) is 13.3. The van der Waals surface area contributed by atoms with Gasteiger partial charge in [-0.25, -0.2) is 4.98 Å². The molecular formula is C14H15N5O2. The third-order valence-electron chi connectivity index (χ3n) is 2.91. The van der Waals surface area contributed by atoms with Gasteiger partial charge in [0.2, 0.25) is 11.7 Å². The Morgan fingerprint density at radius 3 is 2.90 bits per heavy atom. The van der Waals surface area contributed by atoms with E-state index in [0.29, 0.717) is 18.1 Å². The van der Waals surface area contributed by atoms with E-state index in [4.69, 9.17) is 15.0 Å². The summed E-state index contributed by atoms with van der Waals surface area (Å²) in [7, 11) is 0. The van der Waals surface area contributed by atoms with Crippen molar-refractivity contribution in [2.45, 2.75) is 19.1 Å². The first-order valence-corrected chi connectivity index (χ1v) is 6.54. The lowest BCUT2D eigenvalue weighted by molar-refractivity contribution is 0.283. The van der Waals surface area contributed by atoms with E-state index in [9.17, 15) is 0 Å². The fraction of sp³-hybridized carbons (Fsp3) is 0.214. The van der Waals surface area contributed by atoms with Crippen molar-refractivity contribution in [3.05, 3.63) is 60.3 Å². The van der Waals surface area contributed by atoms with E-state index in [1.807, 2.05) is 30.3 Å². The standard InChI is InChI=1S/C14H15N5O2/c15-12(6-10-7-16-9-17-10)14-18-13(19-21-14)8-20-11-4-2-1-3-5-11/h1-5,7,9,12H,6,8,15H2,(H,16,17). The van der Waals surface area contributed by atoms with Crippen LogP contribution < -0.4 is 10.5 Å². The Morgan fingerprint density at radius 1 is 1.29 bits per heavy atom. The molecule has 108 valence electrons. The molecule has 0 saturated heterocycles. The molecule has 0 spiro atoms. The molecule has 1 atom stereocenters. The molecule has 21 heavy (non-hydrogen) atoms. The molecule has 1 unspecified atom stereocenters. The van der Waals surface area contributed by atoms with Crippen molar-refractivity contribution in [2.75, 3.05) is 0 Å². The summed E-state index contributed by atoms with van der Waals surface area (Å²) in [6, 6.07) is 9.08. The number of para-hydroxylation sites is 1. The maximum atomic E-state index is 6.02. The number of H-pyrrole nitrogens is 1.